The summed E-state index contributed by atoms with van der Waals surface area (Å²) in [5.74, 6) is -0.171. The number of hydrogen-bond acceptors (Lipinski definition) is 4. The maximum atomic E-state index is 12.4. The van der Waals surface area contributed by atoms with Crippen LogP contribution in [0.2, 0.25) is 5.02 Å². The van der Waals surface area contributed by atoms with Crippen LogP contribution < -0.4 is 10.1 Å². The number of rotatable bonds is 4. The number of ether oxygens (including phenoxy) is 2. The molecule has 6 heteroatoms. The van der Waals surface area contributed by atoms with Crippen molar-refractivity contribution >= 4 is 40.1 Å². The van der Waals surface area contributed by atoms with E-state index in [0.717, 1.165) is 5.39 Å². The number of carbonyl (C=O) groups excluding carboxylic acids is 2. The molecule has 0 saturated heterocycles. The lowest BCUT2D eigenvalue weighted by molar-refractivity contribution is 0.0737. The number of anilines is 1. The summed E-state index contributed by atoms with van der Waals surface area (Å²) < 4.78 is 10.5. The van der Waals surface area contributed by atoms with E-state index in [0.29, 0.717) is 27.4 Å². The first-order valence-corrected chi connectivity index (χ1v) is 8.39. The van der Waals surface area contributed by atoms with Crippen LogP contribution in [-0.4, -0.2) is 18.7 Å². The number of fused-ring (bicyclic) bond motifs is 1. The highest BCUT2D eigenvalue weighted by Crippen LogP contribution is 2.33. The number of hydrogen-bond donors (Lipinski definition) is 1. The third-order valence-electron chi connectivity index (χ3n) is 3.66. The zero-order chi connectivity index (χ0) is 18.5. The summed E-state index contributed by atoms with van der Waals surface area (Å²) in [5.41, 5.74) is 0.877. The van der Waals surface area contributed by atoms with Gasteiger partial charge in [0.1, 0.15) is 5.75 Å². The van der Waals surface area contributed by atoms with Crippen molar-refractivity contribution in [2.75, 3.05) is 11.9 Å². The second kappa shape index (κ2) is 7.89. The van der Waals surface area contributed by atoms with Crippen molar-refractivity contribution in [1.29, 1.82) is 0 Å². The fourth-order valence-corrected chi connectivity index (χ4v) is 2.64. The minimum Gasteiger partial charge on any atom is -0.450 e. The molecule has 0 aliphatic carbocycles. The number of amides is 1. The monoisotopic (exact) mass is 369 g/mol. The van der Waals surface area contributed by atoms with E-state index in [4.69, 9.17) is 21.1 Å². The van der Waals surface area contributed by atoms with Gasteiger partial charge in [-0.15, -0.1) is 0 Å². The van der Waals surface area contributed by atoms with Crippen molar-refractivity contribution < 1.29 is 19.1 Å². The van der Waals surface area contributed by atoms with E-state index in [1.54, 1.807) is 55.5 Å². The Morgan fingerprint density at radius 3 is 2.38 bits per heavy atom. The summed E-state index contributed by atoms with van der Waals surface area (Å²) in [5, 5.41) is 4.65. The van der Waals surface area contributed by atoms with E-state index in [1.165, 1.54) is 0 Å². The normalized spacial score (nSPS) is 10.4. The molecule has 0 fully saturated rings. The Labute approximate surface area is 155 Å². The van der Waals surface area contributed by atoms with Gasteiger partial charge in [-0.2, -0.15) is 0 Å². The van der Waals surface area contributed by atoms with Gasteiger partial charge >= 0.3 is 12.1 Å². The van der Waals surface area contributed by atoms with E-state index < -0.39 is 12.1 Å². The number of nitrogens with one attached hydrogen (secondary N) is 1. The van der Waals surface area contributed by atoms with Gasteiger partial charge in [-0.3, -0.25) is 5.32 Å². The number of benzene rings is 3. The molecule has 0 spiro atoms. The first kappa shape index (κ1) is 17.8. The minimum absolute atomic E-state index is 0.259. The first-order chi connectivity index (χ1) is 12.6. The fraction of sp³-hybridized carbons (Fsp3) is 0.100. The van der Waals surface area contributed by atoms with Gasteiger partial charge in [0.2, 0.25) is 0 Å². The van der Waals surface area contributed by atoms with Crippen LogP contribution in [0.15, 0.2) is 60.7 Å². The summed E-state index contributed by atoms with van der Waals surface area (Å²) in [7, 11) is 0. The van der Waals surface area contributed by atoms with Crippen LogP contribution in [0, 0.1) is 0 Å². The van der Waals surface area contributed by atoms with Crippen LogP contribution in [0.4, 0.5) is 10.5 Å². The molecule has 3 aromatic carbocycles. The predicted molar refractivity (Wildman–Crippen MR) is 101 cm³/mol. The Morgan fingerprint density at radius 1 is 1.00 bits per heavy atom. The summed E-state index contributed by atoms with van der Waals surface area (Å²) in [6.45, 7) is 1.98. The maximum absolute atomic E-state index is 12.4. The molecule has 0 aliphatic rings. The predicted octanol–water partition coefficient (Wildman–Crippen LogP) is 5.28. The van der Waals surface area contributed by atoms with Crippen LogP contribution in [0.1, 0.15) is 17.3 Å². The Morgan fingerprint density at radius 2 is 1.69 bits per heavy atom. The third kappa shape index (κ3) is 3.95. The maximum Gasteiger partial charge on any atom is 0.411 e. The molecule has 0 bridgehead atoms. The van der Waals surface area contributed by atoms with E-state index in [2.05, 4.69) is 5.32 Å². The van der Waals surface area contributed by atoms with Crippen LogP contribution in [0.5, 0.6) is 5.75 Å². The van der Waals surface area contributed by atoms with Gasteiger partial charge < -0.3 is 9.47 Å². The summed E-state index contributed by atoms with van der Waals surface area (Å²) in [6.07, 6.45) is -0.571. The molecule has 0 atom stereocenters. The Balaban J connectivity index is 1.96. The average Bonchev–Trinajstić information content (AvgIpc) is 2.62. The lowest BCUT2D eigenvalue weighted by Gasteiger charge is -2.13. The van der Waals surface area contributed by atoms with Gasteiger partial charge in [0.25, 0.3) is 0 Å². The summed E-state index contributed by atoms with van der Waals surface area (Å²) >= 11 is 5.85. The zero-order valence-corrected chi connectivity index (χ0v) is 14.7. The number of carbonyl (C=O) groups is 2. The van der Waals surface area contributed by atoms with Gasteiger partial charge in [0.05, 0.1) is 17.9 Å². The van der Waals surface area contributed by atoms with Crippen molar-refractivity contribution in [1.82, 2.24) is 0 Å². The molecule has 5 nitrogen and oxygen atoms in total. The molecular formula is C20H16ClNO4. The number of esters is 1. The Kier molecular flexibility index (Phi) is 5.39. The fourth-order valence-electron chi connectivity index (χ4n) is 2.52. The lowest BCUT2D eigenvalue weighted by Crippen LogP contribution is -2.14. The summed E-state index contributed by atoms with van der Waals surface area (Å²) in [4.78, 5) is 24.2. The number of halogens is 1. The van der Waals surface area contributed by atoms with Crippen molar-refractivity contribution in [2.24, 2.45) is 0 Å². The minimum atomic E-state index is -0.571. The Hall–Kier alpha value is -3.05. The van der Waals surface area contributed by atoms with E-state index in [-0.39, 0.29) is 6.61 Å². The van der Waals surface area contributed by atoms with Crippen molar-refractivity contribution in [3.05, 3.63) is 71.2 Å². The van der Waals surface area contributed by atoms with E-state index in [9.17, 15) is 9.59 Å². The van der Waals surface area contributed by atoms with E-state index in [1.807, 2.05) is 12.1 Å². The zero-order valence-electron chi connectivity index (χ0n) is 14.0. The third-order valence-corrected chi connectivity index (χ3v) is 3.91. The smallest absolute Gasteiger partial charge is 0.411 e. The first-order valence-electron chi connectivity index (χ1n) is 8.01. The quantitative estimate of drug-likeness (QED) is 0.502. The van der Waals surface area contributed by atoms with Crippen molar-refractivity contribution in [3.8, 4) is 5.75 Å². The van der Waals surface area contributed by atoms with Gasteiger partial charge in [-0.25, -0.2) is 9.59 Å². The molecule has 0 heterocycles. The SMILES string of the molecule is CCOC(=O)Nc1cccc2cccc(OC(=O)c3ccc(Cl)cc3)c12. The molecule has 0 unspecified atom stereocenters. The standard InChI is InChI=1S/C20H16ClNO4/c1-2-25-20(24)22-16-7-3-5-13-6-4-8-17(18(13)16)26-19(23)14-9-11-15(21)12-10-14/h3-12H,2H2,1H3,(H,22,24). The Bertz CT molecular complexity index is 948. The molecule has 3 rings (SSSR count). The average molecular weight is 370 g/mol. The van der Waals surface area contributed by atoms with Crippen LogP contribution in [-0.2, 0) is 4.74 Å². The molecule has 1 amide bonds. The van der Waals surface area contributed by atoms with Crippen LogP contribution >= 0.6 is 11.6 Å². The van der Waals surface area contributed by atoms with Crippen LogP contribution in [0.3, 0.4) is 0 Å². The van der Waals surface area contributed by atoms with Gasteiger partial charge in [0, 0.05) is 10.4 Å². The van der Waals surface area contributed by atoms with Crippen molar-refractivity contribution in [3.63, 3.8) is 0 Å². The molecule has 0 aliphatic heterocycles. The van der Waals surface area contributed by atoms with Gasteiger partial charge in [-0.05, 0) is 48.7 Å². The second-order valence-electron chi connectivity index (χ2n) is 5.40. The highest BCUT2D eigenvalue weighted by atomic mass is 35.5. The summed E-state index contributed by atoms with van der Waals surface area (Å²) in [6, 6.07) is 17.1. The molecule has 0 saturated carbocycles. The van der Waals surface area contributed by atoms with Crippen molar-refractivity contribution in [2.45, 2.75) is 6.92 Å². The van der Waals surface area contributed by atoms with Gasteiger partial charge in [-0.1, -0.05) is 35.9 Å². The molecule has 0 radical (unpaired) electrons. The molecule has 0 aromatic heterocycles. The molecule has 3 aromatic rings. The van der Waals surface area contributed by atoms with Crippen LogP contribution in [0.25, 0.3) is 10.8 Å². The second-order valence-corrected chi connectivity index (χ2v) is 5.84. The largest absolute Gasteiger partial charge is 0.450 e. The van der Waals surface area contributed by atoms with Gasteiger partial charge in [0.15, 0.2) is 0 Å². The molecule has 1 N–H and O–H groups in total. The highest BCUT2D eigenvalue weighted by molar-refractivity contribution is 6.30. The van der Waals surface area contributed by atoms with E-state index >= 15 is 0 Å². The highest BCUT2D eigenvalue weighted by Gasteiger charge is 2.14. The lowest BCUT2D eigenvalue weighted by atomic mass is 10.1. The topological polar surface area (TPSA) is 64.6 Å². The molecular weight excluding hydrogens is 354 g/mol. The molecule has 26 heavy (non-hydrogen) atoms. The molecule has 132 valence electrons.